The summed E-state index contributed by atoms with van der Waals surface area (Å²) in [6, 6.07) is 11.6. The highest BCUT2D eigenvalue weighted by Crippen LogP contribution is 2.23. The van der Waals surface area contributed by atoms with Crippen LogP contribution in [0, 0.1) is 24.0 Å². The van der Waals surface area contributed by atoms with E-state index in [9.17, 15) is 19.7 Å². The normalized spacial score (nSPS) is 10.6. The lowest BCUT2D eigenvalue weighted by Crippen LogP contribution is -2.24. The van der Waals surface area contributed by atoms with Crippen molar-refractivity contribution in [2.45, 2.75) is 25.5 Å². The first-order chi connectivity index (χ1) is 15.2. The van der Waals surface area contributed by atoms with Gasteiger partial charge >= 0.3 is 0 Å². The van der Waals surface area contributed by atoms with E-state index in [-0.39, 0.29) is 29.8 Å². The Balaban J connectivity index is 1.55. The number of aryl methyl sites for hydroxylation is 2. The minimum absolute atomic E-state index is 0.0454. The molecule has 0 saturated carbocycles. The third-order valence-electron chi connectivity index (χ3n) is 4.65. The molecule has 2 amide bonds. The molecular formula is C21H22N6O4S. The third-order valence-corrected chi connectivity index (χ3v) is 5.67. The topological polar surface area (TPSA) is 132 Å². The summed E-state index contributed by atoms with van der Waals surface area (Å²) in [6.45, 7) is 3.86. The molecule has 0 aliphatic rings. The molecule has 3 rings (SSSR count). The molecule has 0 radical (unpaired) electrons. The van der Waals surface area contributed by atoms with Crippen molar-refractivity contribution in [1.29, 1.82) is 0 Å². The van der Waals surface area contributed by atoms with Gasteiger partial charge in [0.15, 0.2) is 11.0 Å². The van der Waals surface area contributed by atoms with E-state index in [1.54, 1.807) is 36.7 Å². The lowest BCUT2D eigenvalue weighted by molar-refractivity contribution is -0.384. The van der Waals surface area contributed by atoms with Gasteiger partial charge in [-0.25, -0.2) is 0 Å². The zero-order chi connectivity index (χ0) is 23.3. The fraction of sp³-hybridized carbons (Fsp3) is 0.238. The predicted molar refractivity (Wildman–Crippen MR) is 121 cm³/mol. The fourth-order valence-corrected chi connectivity index (χ4v) is 3.58. The minimum Gasteiger partial charge on any atom is -0.345 e. The molecule has 0 bridgehead atoms. The van der Waals surface area contributed by atoms with Crippen molar-refractivity contribution < 1.29 is 14.5 Å². The molecule has 32 heavy (non-hydrogen) atoms. The molecule has 10 nitrogen and oxygen atoms in total. The predicted octanol–water partition coefficient (Wildman–Crippen LogP) is 3.00. The van der Waals surface area contributed by atoms with Crippen LogP contribution in [0.4, 0.5) is 11.4 Å². The summed E-state index contributed by atoms with van der Waals surface area (Å²) in [5, 5.41) is 25.1. The number of nitrogens with zero attached hydrogens (tertiary/aromatic N) is 4. The maximum atomic E-state index is 12.3. The molecule has 0 spiro atoms. The second-order valence-electron chi connectivity index (χ2n) is 7.10. The first-order valence-corrected chi connectivity index (χ1v) is 10.6. The summed E-state index contributed by atoms with van der Waals surface area (Å²) in [6.07, 6.45) is 0. The van der Waals surface area contributed by atoms with Crippen LogP contribution in [0.1, 0.15) is 27.3 Å². The number of aromatic nitrogens is 3. The van der Waals surface area contributed by atoms with Crippen molar-refractivity contribution >= 4 is 35.0 Å². The number of nitrogens with one attached hydrogen (secondary N) is 2. The van der Waals surface area contributed by atoms with Crippen molar-refractivity contribution in [3.63, 3.8) is 0 Å². The maximum absolute atomic E-state index is 12.3. The van der Waals surface area contributed by atoms with E-state index >= 15 is 0 Å². The van der Waals surface area contributed by atoms with E-state index in [1.165, 1.54) is 23.9 Å². The fourth-order valence-electron chi connectivity index (χ4n) is 2.85. The Bertz CT molecular complexity index is 1180. The van der Waals surface area contributed by atoms with Crippen LogP contribution in [0.2, 0.25) is 0 Å². The maximum Gasteiger partial charge on any atom is 0.271 e. The van der Waals surface area contributed by atoms with Crippen LogP contribution in [0.25, 0.3) is 0 Å². The number of carbonyl (C=O) groups excluding carboxylic acids is 2. The highest BCUT2D eigenvalue weighted by Gasteiger charge is 2.15. The Morgan fingerprint density at radius 2 is 1.94 bits per heavy atom. The Hall–Kier alpha value is -3.73. The Morgan fingerprint density at radius 3 is 2.66 bits per heavy atom. The summed E-state index contributed by atoms with van der Waals surface area (Å²) in [5.74, 6) is 0.0565. The highest BCUT2D eigenvalue weighted by molar-refractivity contribution is 7.99. The van der Waals surface area contributed by atoms with Gasteiger partial charge in [-0.15, -0.1) is 10.2 Å². The molecule has 2 N–H and O–H groups in total. The number of nitro benzene ring substituents is 1. The van der Waals surface area contributed by atoms with E-state index in [0.29, 0.717) is 22.2 Å². The largest absolute Gasteiger partial charge is 0.345 e. The number of hydrogen-bond acceptors (Lipinski definition) is 7. The van der Waals surface area contributed by atoms with Gasteiger partial charge in [-0.3, -0.25) is 19.7 Å². The standard InChI is InChI=1S/C21H22N6O4S/c1-13-5-4-6-15(9-13)20(29)22-11-18-24-25-21(26(18)3)32-12-19(28)23-17-10-16(27(30)31)8-7-14(17)2/h4-10H,11-12H2,1-3H3,(H,22,29)(H,23,28). The lowest BCUT2D eigenvalue weighted by Gasteiger charge is -2.08. The van der Waals surface area contributed by atoms with Gasteiger partial charge in [0.1, 0.15) is 0 Å². The minimum atomic E-state index is -0.511. The number of thioether (sulfide) groups is 1. The number of nitro groups is 1. The molecule has 1 heterocycles. The van der Waals surface area contributed by atoms with Crippen molar-refractivity contribution in [2.75, 3.05) is 11.1 Å². The van der Waals surface area contributed by atoms with Gasteiger partial charge in [-0.1, -0.05) is 35.5 Å². The van der Waals surface area contributed by atoms with Crippen LogP contribution in [-0.2, 0) is 18.4 Å². The smallest absolute Gasteiger partial charge is 0.271 e. The zero-order valence-electron chi connectivity index (χ0n) is 17.8. The molecule has 0 saturated heterocycles. The second-order valence-corrected chi connectivity index (χ2v) is 8.05. The number of benzene rings is 2. The first-order valence-electron chi connectivity index (χ1n) is 9.65. The quantitative estimate of drug-likeness (QED) is 0.304. The lowest BCUT2D eigenvalue weighted by atomic mass is 10.1. The van der Waals surface area contributed by atoms with Gasteiger partial charge in [0, 0.05) is 24.7 Å². The van der Waals surface area contributed by atoms with E-state index in [0.717, 1.165) is 11.1 Å². The zero-order valence-corrected chi connectivity index (χ0v) is 18.6. The monoisotopic (exact) mass is 454 g/mol. The van der Waals surface area contributed by atoms with Crippen LogP contribution >= 0.6 is 11.8 Å². The van der Waals surface area contributed by atoms with E-state index in [4.69, 9.17) is 0 Å². The van der Waals surface area contributed by atoms with Gasteiger partial charge in [-0.2, -0.15) is 0 Å². The molecule has 0 fully saturated rings. The van der Waals surface area contributed by atoms with E-state index in [1.807, 2.05) is 19.1 Å². The number of hydrogen-bond donors (Lipinski definition) is 2. The average molecular weight is 455 g/mol. The highest BCUT2D eigenvalue weighted by atomic mass is 32.2. The van der Waals surface area contributed by atoms with Crippen LogP contribution in [-0.4, -0.2) is 37.3 Å². The van der Waals surface area contributed by atoms with Crippen molar-refractivity contribution in [2.24, 2.45) is 7.05 Å². The average Bonchev–Trinajstić information content (AvgIpc) is 3.11. The third kappa shape index (κ3) is 5.70. The summed E-state index contributed by atoms with van der Waals surface area (Å²) >= 11 is 1.17. The number of carbonyl (C=O) groups is 2. The number of rotatable bonds is 8. The Labute approximate surface area is 188 Å². The van der Waals surface area contributed by atoms with Crippen LogP contribution in [0.3, 0.4) is 0 Å². The summed E-state index contributed by atoms with van der Waals surface area (Å²) in [7, 11) is 1.75. The van der Waals surface area contributed by atoms with Crippen molar-refractivity contribution in [3.05, 3.63) is 75.1 Å². The SMILES string of the molecule is Cc1cccc(C(=O)NCc2nnc(SCC(=O)Nc3cc([N+](=O)[O-])ccc3C)n2C)c1. The van der Waals surface area contributed by atoms with E-state index in [2.05, 4.69) is 20.8 Å². The second kappa shape index (κ2) is 10.1. The number of non-ortho nitro benzene ring substituents is 1. The molecular weight excluding hydrogens is 432 g/mol. The van der Waals surface area contributed by atoms with Crippen molar-refractivity contribution in [1.82, 2.24) is 20.1 Å². The van der Waals surface area contributed by atoms with Gasteiger partial charge in [0.05, 0.1) is 22.9 Å². The Kier molecular flexibility index (Phi) is 7.21. The Morgan fingerprint density at radius 1 is 1.16 bits per heavy atom. The van der Waals surface area contributed by atoms with Crippen LogP contribution < -0.4 is 10.6 Å². The van der Waals surface area contributed by atoms with Crippen LogP contribution in [0.15, 0.2) is 47.6 Å². The molecule has 2 aromatic carbocycles. The van der Waals surface area contributed by atoms with Gasteiger partial charge in [0.2, 0.25) is 5.91 Å². The van der Waals surface area contributed by atoms with Crippen LogP contribution in [0.5, 0.6) is 0 Å². The summed E-state index contributed by atoms with van der Waals surface area (Å²) < 4.78 is 1.70. The van der Waals surface area contributed by atoms with Gasteiger partial charge in [-0.05, 0) is 31.5 Å². The molecule has 0 aliphatic heterocycles. The van der Waals surface area contributed by atoms with Gasteiger partial charge in [0.25, 0.3) is 11.6 Å². The summed E-state index contributed by atoms with van der Waals surface area (Å²) in [4.78, 5) is 35.0. The number of amides is 2. The molecule has 0 atom stereocenters. The number of anilines is 1. The molecule has 0 aliphatic carbocycles. The molecule has 3 aromatic rings. The first kappa shape index (κ1) is 22.9. The van der Waals surface area contributed by atoms with E-state index < -0.39 is 4.92 Å². The summed E-state index contributed by atoms with van der Waals surface area (Å²) in [5.41, 5.74) is 2.58. The molecule has 1 aromatic heterocycles. The molecule has 0 unspecified atom stereocenters. The van der Waals surface area contributed by atoms with Gasteiger partial charge < -0.3 is 15.2 Å². The molecule has 11 heteroatoms. The van der Waals surface area contributed by atoms with Crippen molar-refractivity contribution in [3.8, 4) is 0 Å². The molecule has 166 valence electrons.